The molecule has 1 N–H and O–H groups in total. The van der Waals surface area contributed by atoms with E-state index in [0.29, 0.717) is 49.9 Å². The topological polar surface area (TPSA) is 58.6 Å². The van der Waals surface area contributed by atoms with Crippen LogP contribution in [0, 0.1) is 12.8 Å². The molecule has 0 fully saturated rings. The average Bonchev–Trinajstić information content (AvgIpc) is 2.76. The highest BCUT2D eigenvalue weighted by molar-refractivity contribution is 6.30. The van der Waals surface area contributed by atoms with Crippen molar-refractivity contribution in [2.24, 2.45) is 5.92 Å². The van der Waals surface area contributed by atoms with Crippen molar-refractivity contribution in [1.29, 1.82) is 0 Å². The molecule has 6 heteroatoms. The van der Waals surface area contributed by atoms with Crippen molar-refractivity contribution < 1.29 is 14.3 Å². The zero-order valence-corrected chi connectivity index (χ0v) is 20.3. The standard InChI is InChI=1S/C26H35ClN2O3/c1-5-24(26(31)28-17-19(2)3)29(18-21-9-6-8-20(4)16-21)25(30)10-7-15-32-23-13-11-22(27)12-14-23/h6,8-9,11-14,16,19,24H,5,7,10,15,17-18H2,1-4H3,(H,28,31)/t24-/m1/s1. The summed E-state index contributed by atoms with van der Waals surface area (Å²) in [6.45, 7) is 9.50. The minimum atomic E-state index is -0.501. The summed E-state index contributed by atoms with van der Waals surface area (Å²) in [4.78, 5) is 27.8. The number of carbonyl (C=O) groups is 2. The maximum Gasteiger partial charge on any atom is 0.242 e. The van der Waals surface area contributed by atoms with Crippen LogP contribution in [0.1, 0.15) is 51.2 Å². The minimum Gasteiger partial charge on any atom is -0.494 e. The maximum atomic E-state index is 13.2. The molecule has 2 rings (SSSR count). The fourth-order valence-corrected chi connectivity index (χ4v) is 3.56. The first-order chi connectivity index (χ1) is 15.3. The van der Waals surface area contributed by atoms with Gasteiger partial charge in [-0.05, 0) is 55.5 Å². The second-order valence-electron chi connectivity index (χ2n) is 8.48. The van der Waals surface area contributed by atoms with Gasteiger partial charge in [0.15, 0.2) is 0 Å². The van der Waals surface area contributed by atoms with E-state index >= 15 is 0 Å². The third kappa shape index (κ3) is 8.54. The molecule has 0 aromatic heterocycles. The van der Waals surface area contributed by atoms with Crippen molar-refractivity contribution >= 4 is 23.4 Å². The molecule has 0 bridgehead atoms. The van der Waals surface area contributed by atoms with Gasteiger partial charge >= 0.3 is 0 Å². The summed E-state index contributed by atoms with van der Waals surface area (Å²) in [5, 5.41) is 3.64. The summed E-state index contributed by atoms with van der Waals surface area (Å²) >= 11 is 5.90. The third-order valence-electron chi connectivity index (χ3n) is 5.12. The summed E-state index contributed by atoms with van der Waals surface area (Å²) in [7, 11) is 0. The molecule has 2 aromatic rings. The quantitative estimate of drug-likeness (QED) is 0.434. The number of rotatable bonds is 12. The Labute approximate surface area is 197 Å². The Bertz CT molecular complexity index is 868. The first kappa shape index (κ1) is 25.7. The van der Waals surface area contributed by atoms with E-state index in [2.05, 4.69) is 25.2 Å². The van der Waals surface area contributed by atoms with Crippen molar-refractivity contribution in [3.63, 3.8) is 0 Å². The van der Waals surface area contributed by atoms with E-state index in [0.717, 1.165) is 16.9 Å². The Hall–Kier alpha value is -2.53. The average molecular weight is 459 g/mol. The summed E-state index contributed by atoms with van der Waals surface area (Å²) in [5.41, 5.74) is 2.15. The number of hydrogen-bond acceptors (Lipinski definition) is 3. The Morgan fingerprint density at radius 1 is 1.12 bits per heavy atom. The lowest BCUT2D eigenvalue weighted by Crippen LogP contribution is -2.49. The van der Waals surface area contributed by atoms with Gasteiger partial charge in [-0.15, -0.1) is 0 Å². The molecule has 5 nitrogen and oxygen atoms in total. The second-order valence-corrected chi connectivity index (χ2v) is 8.92. The van der Waals surface area contributed by atoms with Gasteiger partial charge in [0.2, 0.25) is 11.8 Å². The molecular weight excluding hydrogens is 424 g/mol. The summed E-state index contributed by atoms with van der Waals surface area (Å²) in [6.07, 6.45) is 1.44. The van der Waals surface area contributed by atoms with Crippen LogP contribution in [-0.2, 0) is 16.1 Å². The van der Waals surface area contributed by atoms with Gasteiger partial charge in [-0.2, -0.15) is 0 Å². The van der Waals surface area contributed by atoms with Gasteiger partial charge in [0.25, 0.3) is 0 Å². The molecule has 0 saturated heterocycles. The normalized spacial score (nSPS) is 11.8. The largest absolute Gasteiger partial charge is 0.494 e. The smallest absolute Gasteiger partial charge is 0.242 e. The molecular formula is C26H35ClN2O3. The van der Waals surface area contributed by atoms with Crippen LogP contribution in [0.15, 0.2) is 48.5 Å². The molecule has 174 valence electrons. The lowest BCUT2D eigenvalue weighted by molar-refractivity contribution is -0.141. The Kier molecular flexibility index (Phi) is 10.5. The number of amides is 2. The third-order valence-corrected chi connectivity index (χ3v) is 5.38. The zero-order valence-electron chi connectivity index (χ0n) is 19.6. The van der Waals surface area contributed by atoms with Crippen molar-refractivity contribution in [2.45, 2.75) is 59.5 Å². The molecule has 1 atom stereocenters. The number of nitrogens with one attached hydrogen (secondary N) is 1. The van der Waals surface area contributed by atoms with E-state index in [-0.39, 0.29) is 11.8 Å². The van der Waals surface area contributed by atoms with Gasteiger partial charge in [-0.25, -0.2) is 0 Å². The van der Waals surface area contributed by atoms with Crippen LogP contribution in [0.5, 0.6) is 5.75 Å². The molecule has 2 amide bonds. The monoisotopic (exact) mass is 458 g/mol. The van der Waals surface area contributed by atoms with Gasteiger partial charge in [-0.3, -0.25) is 9.59 Å². The van der Waals surface area contributed by atoms with E-state index in [1.807, 2.05) is 32.0 Å². The molecule has 0 radical (unpaired) electrons. The molecule has 0 saturated carbocycles. The number of nitrogens with zero attached hydrogens (tertiary/aromatic N) is 1. The molecule has 2 aromatic carbocycles. The second kappa shape index (κ2) is 13.1. The highest BCUT2D eigenvalue weighted by Crippen LogP contribution is 2.17. The molecule has 0 aliphatic carbocycles. The van der Waals surface area contributed by atoms with Gasteiger partial charge in [0.1, 0.15) is 11.8 Å². The van der Waals surface area contributed by atoms with Crippen molar-refractivity contribution in [1.82, 2.24) is 10.2 Å². The summed E-state index contributed by atoms with van der Waals surface area (Å²) in [5.74, 6) is 0.928. The van der Waals surface area contributed by atoms with E-state index in [9.17, 15) is 9.59 Å². The Morgan fingerprint density at radius 2 is 1.84 bits per heavy atom. The van der Waals surface area contributed by atoms with E-state index in [1.165, 1.54) is 0 Å². The fraction of sp³-hybridized carbons (Fsp3) is 0.462. The summed E-state index contributed by atoms with van der Waals surface area (Å²) < 4.78 is 5.72. The van der Waals surface area contributed by atoms with Crippen LogP contribution in [-0.4, -0.2) is 35.9 Å². The number of carbonyl (C=O) groups excluding carboxylic acids is 2. The molecule has 0 aliphatic rings. The van der Waals surface area contributed by atoms with Crippen LogP contribution in [0.4, 0.5) is 0 Å². The van der Waals surface area contributed by atoms with Crippen LogP contribution in [0.3, 0.4) is 0 Å². The predicted molar refractivity (Wildman–Crippen MR) is 130 cm³/mol. The van der Waals surface area contributed by atoms with Crippen LogP contribution in [0.25, 0.3) is 0 Å². The first-order valence-electron chi connectivity index (χ1n) is 11.3. The van der Waals surface area contributed by atoms with Gasteiger partial charge in [0.05, 0.1) is 6.61 Å². The maximum absolute atomic E-state index is 13.2. The molecule has 32 heavy (non-hydrogen) atoms. The fourth-order valence-electron chi connectivity index (χ4n) is 3.44. The predicted octanol–water partition coefficient (Wildman–Crippen LogP) is 5.39. The first-order valence-corrected chi connectivity index (χ1v) is 11.7. The number of benzene rings is 2. The molecule has 0 spiro atoms. The van der Waals surface area contributed by atoms with Crippen molar-refractivity contribution in [2.75, 3.05) is 13.2 Å². The number of ether oxygens (including phenoxy) is 1. The minimum absolute atomic E-state index is 0.0437. The van der Waals surface area contributed by atoms with Crippen molar-refractivity contribution in [3.05, 3.63) is 64.7 Å². The van der Waals surface area contributed by atoms with Gasteiger partial charge < -0.3 is 15.0 Å². The Balaban J connectivity index is 2.04. The highest BCUT2D eigenvalue weighted by Gasteiger charge is 2.28. The number of hydrogen-bond donors (Lipinski definition) is 1. The van der Waals surface area contributed by atoms with Crippen molar-refractivity contribution in [3.8, 4) is 5.75 Å². The SMILES string of the molecule is CC[C@H](C(=O)NCC(C)C)N(Cc1cccc(C)c1)C(=O)CCCOc1ccc(Cl)cc1. The van der Waals surface area contributed by atoms with Crippen LogP contribution >= 0.6 is 11.6 Å². The Morgan fingerprint density at radius 3 is 2.47 bits per heavy atom. The zero-order chi connectivity index (χ0) is 23.5. The van der Waals surface area contributed by atoms with E-state index in [1.54, 1.807) is 29.2 Å². The lowest BCUT2D eigenvalue weighted by Gasteiger charge is -2.31. The lowest BCUT2D eigenvalue weighted by atomic mass is 10.1. The molecule has 0 unspecified atom stereocenters. The summed E-state index contributed by atoms with van der Waals surface area (Å²) in [6, 6.07) is 14.7. The van der Waals surface area contributed by atoms with E-state index in [4.69, 9.17) is 16.3 Å². The number of aryl methyl sites for hydroxylation is 1. The van der Waals surface area contributed by atoms with Crippen LogP contribution < -0.4 is 10.1 Å². The van der Waals surface area contributed by atoms with E-state index < -0.39 is 6.04 Å². The highest BCUT2D eigenvalue weighted by atomic mass is 35.5. The van der Waals surface area contributed by atoms with Crippen LogP contribution in [0.2, 0.25) is 5.02 Å². The van der Waals surface area contributed by atoms with Gasteiger partial charge in [-0.1, -0.05) is 62.2 Å². The van der Waals surface area contributed by atoms with Gasteiger partial charge in [0, 0.05) is 24.5 Å². The molecule has 0 heterocycles. The number of halogens is 1. The molecule has 0 aliphatic heterocycles.